The van der Waals surface area contributed by atoms with Gasteiger partial charge in [0, 0.05) is 75.6 Å². The normalized spacial score (nSPS) is 18.4. The molecule has 1 atom stereocenters. The van der Waals surface area contributed by atoms with Gasteiger partial charge in [0.15, 0.2) is 17.0 Å². The number of aryl methyl sites for hydroxylation is 1. The zero-order valence-electron chi connectivity index (χ0n) is 23.7. The fraction of sp³-hybridized carbons (Fsp3) is 0.433. The molecular weight excluding hydrogens is 516 g/mol. The molecule has 2 aliphatic rings. The first-order valence-electron chi connectivity index (χ1n) is 14.5. The van der Waals surface area contributed by atoms with Crippen LogP contribution in [0.3, 0.4) is 0 Å². The maximum absolute atomic E-state index is 5.97. The zero-order valence-corrected chi connectivity index (χ0v) is 23.7. The van der Waals surface area contributed by atoms with Gasteiger partial charge in [0.05, 0.1) is 12.5 Å². The van der Waals surface area contributed by atoms with Crippen LogP contribution >= 0.6 is 0 Å². The van der Waals surface area contributed by atoms with Gasteiger partial charge < -0.3 is 19.9 Å². The summed E-state index contributed by atoms with van der Waals surface area (Å²) in [5.41, 5.74) is 4.90. The van der Waals surface area contributed by atoms with Crippen LogP contribution in [0.15, 0.2) is 49.3 Å². The monoisotopic (exact) mass is 552 g/mol. The van der Waals surface area contributed by atoms with Crippen LogP contribution in [-0.4, -0.2) is 85.6 Å². The van der Waals surface area contributed by atoms with Crippen molar-refractivity contribution < 1.29 is 4.74 Å². The van der Waals surface area contributed by atoms with Crippen molar-refractivity contribution in [1.29, 1.82) is 0 Å². The Morgan fingerprint density at radius 1 is 1.05 bits per heavy atom. The fourth-order valence-electron chi connectivity index (χ4n) is 5.96. The number of nitrogens with one attached hydrogen (secondary N) is 1. The Morgan fingerprint density at radius 3 is 2.76 bits per heavy atom. The minimum Gasteiger partial charge on any atom is -0.368 e. The number of fused-ring (bicyclic) bond motifs is 2. The van der Waals surface area contributed by atoms with Crippen LogP contribution in [-0.2, 0) is 18.2 Å². The number of aromatic nitrogens is 7. The molecule has 0 saturated carbocycles. The molecule has 4 aromatic heterocycles. The van der Waals surface area contributed by atoms with Gasteiger partial charge in [-0.05, 0) is 43.3 Å². The lowest BCUT2D eigenvalue weighted by atomic mass is 9.99. The molecule has 0 aliphatic carbocycles. The Bertz CT molecular complexity index is 1660. The highest BCUT2D eigenvalue weighted by Gasteiger charge is 2.22. The molecule has 1 N–H and O–H groups in total. The molecule has 0 unspecified atom stereocenters. The first kappa shape index (κ1) is 25.8. The number of rotatable bonds is 7. The molecule has 0 amide bonds. The van der Waals surface area contributed by atoms with E-state index in [-0.39, 0.29) is 6.23 Å². The summed E-state index contributed by atoms with van der Waals surface area (Å²) < 4.78 is 9.86. The number of imidazole rings is 1. The molecule has 2 saturated heterocycles. The number of hydrogen-bond donors (Lipinski definition) is 1. The van der Waals surface area contributed by atoms with Gasteiger partial charge in [-0.1, -0.05) is 18.2 Å². The number of ether oxygens (including phenoxy) is 1. The second-order valence-corrected chi connectivity index (χ2v) is 11.1. The van der Waals surface area contributed by atoms with Crippen molar-refractivity contribution in [3.8, 4) is 11.1 Å². The second-order valence-electron chi connectivity index (χ2n) is 11.1. The maximum atomic E-state index is 5.97. The standard InChI is InChI=1S/C30H36N10O/c1-37-11-13-39(14-12-37)29-26-21(6-5-7-24(26)22-17-35-38(2)18-22)16-23(36-29)9-10-31-28-27-30(33-19-32-28)40(20-34-27)25-8-3-4-15-41-25/h5-7,16-20,25H,3-4,8-15H2,1-2H3,(H,31,32,33)/t25-/m0/s1. The molecule has 41 heavy (non-hydrogen) atoms. The summed E-state index contributed by atoms with van der Waals surface area (Å²) in [6, 6.07) is 8.73. The van der Waals surface area contributed by atoms with Crippen molar-refractivity contribution in [1.82, 2.24) is 39.2 Å². The Kier molecular flexibility index (Phi) is 6.97. The topological polar surface area (TPSA) is 102 Å². The van der Waals surface area contributed by atoms with E-state index in [1.54, 1.807) is 6.33 Å². The molecule has 11 heteroatoms. The molecule has 0 bridgehead atoms. The highest BCUT2D eigenvalue weighted by atomic mass is 16.5. The van der Waals surface area contributed by atoms with Gasteiger partial charge in [0.25, 0.3) is 0 Å². The third-order valence-corrected chi connectivity index (χ3v) is 8.21. The summed E-state index contributed by atoms with van der Waals surface area (Å²) >= 11 is 0. The zero-order chi connectivity index (χ0) is 27.8. The van der Waals surface area contributed by atoms with Gasteiger partial charge in [-0.15, -0.1) is 0 Å². The largest absolute Gasteiger partial charge is 0.368 e. The number of benzene rings is 1. The van der Waals surface area contributed by atoms with Crippen molar-refractivity contribution in [2.45, 2.75) is 31.9 Å². The average molecular weight is 553 g/mol. The lowest BCUT2D eigenvalue weighted by molar-refractivity contribution is -0.0298. The van der Waals surface area contributed by atoms with Crippen molar-refractivity contribution >= 4 is 33.6 Å². The van der Waals surface area contributed by atoms with Crippen molar-refractivity contribution in [2.75, 3.05) is 56.6 Å². The van der Waals surface area contributed by atoms with Crippen LogP contribution in [0.2, 0.25) is 0 Å². The van der Waals surface area contributed by atoms with E-state index in [1.807, 2.05) is 28.8 Å². The summed E-state index contributed by atoms with van der Waals surface area (Å²) in [5.74, 6) is 1.80. The van der Waals surface area contributed by atoms with E-state index >= 15 is 0 Å². The Balaban J connectivity index is 1.17. The molecule has 0 radical (unpaired) electrons. The molecule has 11 nitrogen and oxygen atoms in total. The van der Waals surface area contributed by atoms with Crippen molar-refractivity contribution in [3.63, 3.8) is 0 Å². The van der Waals surface area contributed by atoms with Crippen LogP contribution < -0.4 is 10.2 Å². The Hall–Kier alpha value is -4.09. The highest BCUT2D eigenvalue weighted by molar-refractivity contribution is 6.04. The first-order valence-corrected chi connectivity index (χ1v) is 14.5. The van der Waals surface area contributed by atoms with E-state index in [9.17, 15) is 0 Å². The van der Waals surface area contributed by atoms with Crippen LogP contribution in [0.5, 0.6) is 0 Å². The molecule has 6 heterocycles. The first-order chi connectivity index (χ1) is 20.1. The Morgan fingerprint density at radius 2 is 1.95 bits per heavy atom. The molecule has 5 aromatic rings. The van der Waals surface area contributed by atoms with Crippen LogP contribution in [0, 0.1) is 0 Å². The van der Waals surface area contributed by atoms with E-state index < -0.39 is 0 Å². The van der Waals surface area contributed by atoms with E-state index in [0.717, 1.165) is 92.5 Å². The van der Waals surface area contributed by atoms with Crippen molar-refractivity contribution in [2.24, 2.45) is 7.05 Å². The Labute approximate surface area is 239 Å². The minimum atomic E-state index is -0.0112. The average Bonchev–Trinajstić information content (AvgIpc) is 3.64. The van der Waals surface area contributed by atoms with Crippen LogP contribution in [0.4, 0.5) is 11.6 Å². The van der Waals surface area contributed by atoms with E-state index in [0.29, 0.717) is 6.54 Å². The number of piperazine rings is 1. The molecule has 2 aliphatic heterocycles. The minimum absolute atomic E-state index is 0.0112. The highest BCUT2D eigenvalue weighted by Crippen LogP contribution is 2.36. The number of pyridine rings is 1. The third kappa shape index (κ3) is 5.11. The lowest BCUT2D eigenvalue weighted by Crippen LogP contribution is -2.45. The predicted octanol–water partition coefficient (Wildman–Crippen LogP) is 3.88. The SMILES string of the molecule is CN1CCN(c2nc(CCNc3ncnc4c3ncn4[C@@H]3CCCCO3)cc3cccc(-c4cnn(C)c4)c23)CC1. The number of hydrogen-bond acceptors (Lipinski definition) is 9. The van der Waals surface area contributed by atoms with Crippen LogP contribution in [0.1, 0.15) is 31.2 Å². The van der Waals surface area contributed by atoms with E-state index in [2.05, 4.69) is 72.7 Å². The van der Waals surface area contributed by atoms with E-state index in [4.69, 9.17) is 9.72 Å². The maximum Gasteiger partial charge on any atom is 0.167 e. The number of likely N-dealkylation sites (N-methyl/N-ethyl adjacent to an activating group) is 1. The molecule has 212 valence electrons. The van der Waals surface area contributed by atoms with Gasteiger partial charge in [-0.25, -0.2) is 19.9 Å². The summed E-state index contributed by atoms with van der Waals surface area (Å²) in [6.07, 6.45) is 11.4. The molecular formula is C30H36N10O. The second kappa shape index (κ2) is 11.1. The predicted molar refractivity (Wildman–Crippen MR) is 160 cm³/mol. The lowest BCUT2D eigenvalue weighted by Gasteiger charge is -2.34. The van der Waals surface area contributed by atoms with Gasteiger partial charge in [-0.3, -0.25) is 9.25 Å². The van der Waals surface area contributed by atoms with Gasteiger partial charge in [-0.2, -0.15) is 5.10 Å². The van der Waals surface area contributed by atoms with Gasteiger partial charge in [0.1, 0.15) is 18.4 Å². The molecule has 7 rings (SSSR count). The number of nitrogens with zero attached hydrogens (tertiary/aromatic N) is 9. The summed E-state index contributed by atoms with van der Waals surface area (Å²) in [5, 5.41) is 10.3. The van der Waals surface area contributed by atoms with Gasteiger partial charge in [0.2, 0.25) is 0 Å². The van der Waals surface area contributed by atoms with E-state index in [1.165, 1.54) is 16.3 Å². The fourth-order valence-corrected chi connectivity index (χ4v) is 5.96. The third-order valence-electron chi connectivity index (χ3n) is 8.21. The van der Waals surface area contributed by atoms with Gasteiger partial charge >= 0.3 is 0 Å². The quantitative estimate of drug-likeness (QED) is 0.322. The number of anilines is 2. The molecule has 0 spiro atoms. The summed E-state index contributed by atoms with van der Waals surface area (Å²) in [7, 11) is 4.14. The smallest absolute Gasteiger partial charge is 0.167 e. The van der Waals surface area contributed by atoms with Crippen molar-refractivity contribution in [3.05, 3.63) is 55.0 Å². The van der Waals surface area contributed by atoms with Crippen LogP contribution in [0.25, 0.3) is 33.1 Å². The molecule has 1 aromatic carbocycles. The molecule has 2 fully saturated rings. The summed E-state index contributed by atoms with van der Waals surface area (Å²) in [6.45, 7) is 5.40. The summed E-state index contributed by atoms with van der Waals surface area (Å²) in [4.78, 5) is 23.8.